The Bertz CT molecular complexity index is 437. The zero-order valence-corrected chi connectivity index (χ0v) is 8.80. The third kappa shape index (κ3) is 1.40. The van der Waals surface area contributed by atoms with Crippen molar-refractivity contribution in [2.45, 2.75) is 30.7 Å². The van der Waals surface area contributed by atoms with E-state index < -0.39 is 11.5 Å². The molecule has 1 fully saturated rings. The van der Waals surface area contributed by atoms with E-state index in [0.29, 0.717) is 6.61 Å². The fraction of sp³-hybridized carbons (Fsp3) is 0.500. The fourth-order valence-corrected chi connectivity index (χ4v) is 2.57. The predicted molar refractivity (Wildman–Crippen MR) is 55.7 cm³/mol. The van der Waals surface area contributed by atoms with Crippen LogP contribution in [0.25, 0.3) is 0 Å². The van der Waals surface area contributed by atoms with Crippen molar-refractivity contribution in [2.24, 2.45) is 5.73 Å². The summed E-state index contributed by atoms with van der Waals surface area (Å²) in [5.41, 5.74) is 7.02. The van der Waals surface area contributed by atoms with Gasteiger partial charge < -0.3 is 10.5 Å². The number of rotatable bonds is 1. The molecule has 0 radical (unpaired) electrons. The van der Waals surface area contributed by atoms with Gasteiger partial charge in [0, 0.05) is 19.3 Å². The van der Waals surface area contributed by atoms with E-state index in [1.165, 1.54) is 0 Å². The first-order valence-corrected chi connectivity index (χ1v) is 5.42. The van der Waals surface area contributed by atoms with Crippen molar-refractivity contribution in [1.82, 2.24) is 0 Å². The van der Waals surface area contributed by atoms with Gasteiger partial charge in [-0.3, -0.25) is 0 Å². The van der Waals surface area contributed by atoms with Gasteiger partial charge in [-0.2, -0.15) is 0 Å². The van der Waals surface area contributed by atoms with E-state index in [4.69, 9.17) is 10.5 Å². The molecule has 0 amide bonds. The van der Waals surface area contributed by atoms with Crippen LogP contribution in [0, 0.1) is 0 Å². The highest BCUT2D eigenvalue weighted by Gasteiger charge is 2.55. The van der Waals surface area contributed by atoms with Crippen molar-refractivity contribution in [3.05, 3.63) is 29.3 Å². The van der Waals surface area contributed by atoms with Crippen LogP contribution in [0.2, 0.25) is 0 Å². The smallest absolute Gasteiger partial charge is 0.252 e. The van der Waals surface area contributed by atoms with Crippen molar-refractivity contribution in [3.8, 4) is 5.75 Å². The molecule has 86 valence electrons. The number of benzene rings is 1. The first-order chi connectivity index (χ1) is 7.49. The summed E-state index contributed by atoms with van der Waals surface area (Å²) in [4.78, 5) is 0. The van der Waals surface area contributed by atoms with Gasteiger partial charge in [-0.05, 0) is 17.2 Å². The van der Waals surface area contributed by atoms with E-state index in [0.717, 1.165) is 23.3 Å². The monoisotopic (exact) mass is 225 g/mol. The second-order valence-corrected chi connectivity index (χ2v) is 4.79. The van der Waals surface area contributed by atoms with E-state index in [9.17, 15) is 8.78 Å². The lowest BCUT2D eigenvalue weighted by molar-refractivity contribution is -0.125. The normalized spacial score (nSPS) is 24.4. The first-order valence-electron chi connectivity index (χ1n) is 5.42. The molecular formula is C12H13F2NO. The van der Waals surface area contributed by atoms with Gasteiger partial charge in [0.05, 0.1) is 12.1 Å². The predicted octanol–water partition coefficient (Wildman–Crippen LogP) is 2.20. The van der Waals surface area contributed by atoms with Gasteiger partial charge in [-0.15, -0.1) is 0 Å². The molecule has 16 heavy (non-hydrogen) atoms. The second kappa shape index (κ2) is 2.94. The Kier molecular flexibility index (Phi) is 1.84. The standard InChI is InChI=1S/C12H13F2NO/c13-12(14)6-11(15,7-12)9-1-2-10-8(5-9)3-4-16-10/h1-2,5H,3-4,6-7,15H2. The van der Waals surface area contributed by atoms with Gasteiger partial charge in [0.25, 0.3) is 5.92 Å². The van der Waals surface area contributed by atoms with Crippen molar-refractivity contribution >= 4 is 0 Å². The molecule has 1 saturated carbocycles. The molecule has 0 unspecified atom stereocenters. The number of alkyl halides is 2. The molecule has 1 aromatic rings. The number of halogens is 2. The molecule has 0 atom stereocenters. The fourth-order valence-electron chi connectivity index (χ4n) is 2.57. The Morgan fingerprint density at radius 3 is 2.69 bits per heavy atom. The van der Waals surface area contributed by atoms with Crippen LogP contribution in [-0.2, 0) is 12.0 Å². The molecule has 3 rings (SSSR count). The summed E-state index contributed by atoms with van der Waals surface area (Å²) < 4.78 is 31.1. The van der Waals surface area contributed by atoms with Gasteiger partial charge in [0.15, 0.2) is 0 Å². The molecular weight excluding hydrogens is 212 g/mol. The van der Waals surface area contributed by atoms with Gasteiger partial charge in [0.1, 0.15) is 5.75 Å². The Balaban J connectivity index is 1.91. The van der Waals surface area contributed by atoms with Gasteiger partial charge in [-0.1, -0.05) is 12.1 Å². The molecule has 2 nitrogen and oxygen atoms in total. The van der Waals surface area contributed by atoms with Crippen molar-refractivity contribution in [2.75, 3.05) is 6.61 Å². The summed E-state index contributed by atoms with van der Waals surface area (Å²) >= 11 is 0. The Morgan fingerprint density at radius 2 is 2.00 bits per heavy atom. The lowest BCUT2D eigenvalue weighted by Gasteiger charge is -2.45. The van der Waals surface area contributed by atoms with E-state index in [1.807, 2.05) is 12.1 Å². The Labute approximate surface area is 92.4 Å². The minimum absolute atomic E-state index is 0.250. The number of fused-ring (bicyclic) bond motifs is 1. The molecule has 1 aromatic carbocycles. The summed E-state index contributed by atoms with van der Waals surface area (Å²) in [5.74, 6) is -1.73. The SMILES string of the molecule is NC1(c2ccc3c(c2)CCO3)CC(F)(F)C1. The van der Waals surface area contributed by atoms with Crippen molar-refractivity contribution < 1.29 is 13.5 Å². The van der Waals surface area contributed by atoms with Crippen LogP contribution in [-0.4, -0.2) is 12.5 Å². The van der Waals surface area contributed by atoms with E-state index in [-0.39, 0.29) is 12.8 Å². The summed E-state index contributed by atoms with van der Waals surface area (Å²) in [7, 11) is 0. The molecule has 0 aromatic heterocycles. The maximum absolute atomic E-state index is 12.9. The number of hydrogen-bond acceptors (Lipinski definition) is 2. The first kappa shape index (κ1) is 10.0. The summed E-state index contributed by atoms with van der Waals surface area (Å²) in [5, 5.41) is 0. The van der Waals surface area contributed by atoms with E-state index >= 15 is 0 Å². The third-order valence-corrected chi connectivity index (χ3v) is 3.41. The minimum atomic E-state index is -2.59. The van der Waals surface area contributed by atoms with Crippen LogP contribution in [0.15, 0.2) is 18.2 Å². The van der Waals surface area contributed by atoms with Gasteiger partial charge in [0.2, 0.25) is 0 Å². The van der Waals surface area contributed by atoms with Crippen LogP contribution >= 0.6 is 0 Å². The molecule has 1 aliphatic heterocycles. The highest BCUT2D eigenvalue weighted by molar-refractivity contribution is 5.43. The lowest BCUT2D eigenvalue weighted by Crippen LogP contribution is -2.55. The van der Waals surface area contributed by atoms with Crippen LogP contribution < -0.4 is 10.5 Å². The number of nitrogens with two attached hydrogens (primary N) is 1. The lowest BCUT2D eigenvalue weighted by atomic mass is 9.69. The molecule has 1 heterocycles. The molecule has 0 spiro atoms. The summed E-state index contributed by atoms with van der Waals surface area (Å²) in [6.45, 7) is 0.673. The molecule has 0 bridgehead atoms. The molecule has 0 saturated heterocycles. The van der Waals surface area contributed by atoms with Gasteiger partial charge >= 0.3 is 0 Å². The number of ether oxygens (including phenoxy) is 1. The summed E-state index contributed by atoms with van der Waals surface area (Å²) in [6, 6.07) is 5.56. The van der Waals surface area contributed by atoms with Crippen LogP contribution in [0.4, 0.5) is 8.78 Å². The van der Waals surface area contributed by atoms with E-state index in [2.05, 4.69) is 0 Å². The topological polar surface area (TPSA) is 35.2 Å². The zero-order chi connectivity index (χ0) is 11.4. The Hall–Kier alpha value is -1.16. The van der Waals surface area contributed by atoms with Crippen molar-refractivity contribution in [3.63, 3.8) is 0 Å². The van der Waals surface area contributed by atoms with Crippen LogP contribution in [0.5, 0.6) is 5.75 Å². The third-order valence-electron chi connectivity index (χ3n) is 3.41. The van der Waals surface area contributed by atoms with Crippen LogP contribution in [0.1, 0.15) is 24.0 Å². The largest absolute Gasteiger partial charge is 0.493 e. The average Bonchev–Trinajstić information content (AvgIpc) is 2.60. The quantitative estimate of drug-likeness (QED) is 0.795. The molecule has 1 aliphatic carbocycles. The Morgan fingerprint density at radius 1 is 1.25 bits per heavy atom. The highest BCUT2D eigenvalue weighted by Crippen LogP contribution is 2.50. The van der Waals surface area contributed by atoms with Gasteiger partial charge in [-0.25, -0.2) is 8.78 Å². The van der Waals surface area contributed by atoms with E-state index in [1.54, 1.807) is 6.07 Å². The summed E-state index contributed by atoms with van der Waals surface area (Å²) in [6.07, 6.45) is 0.342. The maximum atomic E-state index is 12.9. The maximum Gasteiger partial charge on any atom is 0.252 e. The second-order valence-electron chi connectivity index (χ2n) is 4.79. The van der Waals surface area contributed by atoms with Crippen LogP contribution in [0.3, 0.4) is 0 Å². The molecule has 2 N–H and O–H groups in total. The molecule has 2 aliphatic rings. The zero-order valence-electron chi connectivity index (χ0n) is 8.80. The molecule has 4 heteroatoms. The average molecular weight is 225 g/mol. The van der Waals surface area contributed by atoms with Crippen molar-refractivity contribution in [1.29, 1.82) is 0 Å². The minimum Gasteiger partial charge on any atom is -0.493 e. The highest BCUT2D eigenvalue weighted by atomic mass is 19.3. The number of hydrogen-bond donors (Lipinski definition) is 1.